The molecular weight excluding hydrogens is 246 g/mol. The molecule has 2 N–H and O–H groups in total. The predicted molar refractivity (Wildman–Crippen MR) is 74.6 cm³/mol. The maximum atomic E-state index is 6.31. The Kier molecular flexibility index (Phi) is 3.89. The number of ether oxygens (including phenoxy) is 2. The van der Waals surface area contributed by atoms with Crippen LogP contribution in [0.3, 0.4) is 0 Å². The van der Waals surface area contributed by atoms with Gasteiger partial charge in [-0.05, 0) is 41.6 Å². The lowest BCUT2D eigenvalue weighted by atomic mass is 10.0. The van der Waals surface area contributed by atoms with Gasteiger partial charge in [0.2, 0.25) is 0 Å². The minimum absolute atomic E-state index is 0.144. The maximum absolute atomic E-state index is 6.31. The standard InChI is InChI=1S/C14H17NO2S/c1-9-4-5-18-14(9)13(15)10-6-11(16-2)8-12(7-10)17-3/h4-8,13H,15H2,1-3H3. The van der Waals surface area contributed by atoms with Crippen LogP contribution in [0.4, 0.5) is 0 Å². The molecule has 3 nitrogen and oxygen atoms in total. The molecule has 1 unspecified atom stereocenters. The minimum atomic E-state index is -0.144. The normalized spacial score (nSPS) is 12.2. The van der Waals surface area contributed by atoms with E-state index >= 15 is 0 Å². The van der Waals surface area contributed by atoms with Crippen molar-refractivity contribution in [2.24, 2.45) is 5.73 Å². The fourth-order valence-electron chi connectivity index (χ4n) is 1.86. The van der Waals surface area contributed by atoms with Gasteiger partial charge in [-0.15, -0.1) is 11.3 Å². The Bertz CT molecular complexity index is 514. The van der Waals surface area contributed by atoms with Crippen LogP contribution in [0, 0.1) is 6.92 Å². The molecule has 0 spiro atoms. The van der Waals surface area contributed by atoms with Crippen molar-refractivity contribution >= 4 is 11.3 Å². The second-order valence-electron chi connectivity index (χ2n) is 4.09. The minimum Gasteiger partial charge on any atom is -0.497 e. The molecule has 1 aromatic carbocycles. The largest absolute Gasteiger partial charge is 0.497 e. The van der Waals surface area contributed by atoms with Gasteiger partial charge in [0, 0.05) is 10.9 Å². The lowest BCUT2D eigenvalue weighted by Gasteiger charge is -2.14. The zero-order valence-corrected chi connectivity index (χ0v) is 11.6. The number of hydrogen-bond acceptors (Lipinski definition) is 4. The van der Waals surface area contributed by atoms with Crippen molar-refractivity contribution in [2.75, 3.05) is 14.2 Å². The van der Waals surface area contributed by atoms with Gasteiger partial charge in [-0.1, -0.05) is 0 Å². The van der Waals surface area contributed by atoms with Crippen molar-refractivity contribution in [1.82, 2.24) is 0 Å². The molecule has 2 aromatic rings. The van der Waals surface area contributed by atoms with Gasteiger partial charge in [-0.2, -0.15) is 0 Å². The summed E-state index contributed by atoms with van der Waals surface area (Å²) in [5, 5.41) is 2.06. The average molecular weight is 263 g/mol. The summed E-state index contributed by atoms with van der Waals surface area (Å²) in [6, 6.07) is 7.68. The van der Waals surface area contributed by atoms with Crippen LogP contribution in [0.25, 0.3) is 0 Å². The van der Waals surface area contributed by atoms with Gasteiger partial charge in [0.05, 0.1) is 20.3 Å². The van der Waals surface area contributed by atoms with Crippen LogP contribution in [0.5, 0.6) is 11.5 Å². The Hall–Kier alpha value is -1.52. The van der Waals surface area contributed by atoms with Gasteiger partial charge in [0.15, 0.2) is 0 Å². The van der Waals surface area contributed by atoms with Crippen LogP contribution in [0.2, 0.25) is 0 Å². The second kappa shape index (κ2) is 5.42. The maximum Gasteiger partial charge on any atom is 0.122 e. The molecule has 0 amide bonds. The molecule has 4 heteroatoms. The average Bonchev–Trinajstić information content (AvgIpc) is 2.83. The van der Waals surface area contributed by atoms with Crippen molar-refractivity contribution in [3.8, 4) is 11.5 Å². The first-order valence-corrected chi connectivity index (χ1v) is 6.56. The van der Waals surface area contributed by atoms with Crippen LogP contribution in [0.15, 0.2) is 29.6 Å². The lowest BCUT2D eigenvalue weighted by Crippen LogP contribution is -2.11. The van der Waals surface area contributed by atoms with E-state index in [0.29, 0.717) is 0 Å². The second-order valence-corrected chi connectivity index (χ2v) is 5.04. The van der Waals surface area contributed by atoms with E-state index in [-0.39, 0.29) is 6.04 Å². The van der Waals surface area contributed by atoms with E-state index in [1.165, 1.54) is 10.4 Å². The number of benzene rings is 1. The zero-order valence-electron chi connectivity index (χ0n) is 10.8. The highest BCUT2D eigenvalue weighted by Crippen LogP contribution is 2.32. The topological polar surface area (TPSA) is 44.5 Å². The number of nitrogens with two attached hydrogens (primary N) is 1. The Morgan fingerprint density at radius 3 is 2.17 bits per heavy atom. The third-order valence-corrected chi connectivity index (χ3v) is 4.02. The molecule has 0 aliphatic heterocycles. The fraction of sp³-hybridized carbons (Fsp3) is 0.286. The molecule has 0 fully saturated rings. The highest BCUT2D eigenvalue weighted by atomic mass is 32.1. The van der Waals surface area contributed by atoms with Gasteiger partial charge >= 0.3 is 0 Å². The Morgan fingerprint density at radius 2 is 1.72 bits per heavy atom. The zero-order chi connectivity index (χ0) is 13.1. The van der Waals surface area contributed by atoms with E-state index < -0.39 is 0 Å². The predicted octanol–water partition coefficient (Wildman–Crippen LogP) is 3.12. The highest BCUT2D eigenvalue weighted by Gasteiger charge is 2.15. The third-order valence-electron chi connectivity index (χ3n) is 2.92. The fourth-order valence-corrected chi connectivity index (χ4v) is 2.82. The first-order valence-electron chi connectivity index (χ1n) is 5.68. The Labute approximate surface area is 111 Å². The quantitative estimate of drug-likeness (QED) is 0.921. The van der Waals surface area contributed by atoms with E-state index in [0.717, 1.165) is 17.1 Å². The summed E-state index contributed by atoms with van der Waals surface area (Å²) in [6.45, 7) is 2.07. The van der Waals surface area contributed by atoms with Crippen molar-refractivity contribution < 1.29 is 9.47 Å². The van der Waals surface area contributed by atoms with E-state index in [1.807, 2.05) is 18.2 Å². The summed E-state index contributed by atoms with van der Waals surface area (Å²) < 4.78 is 10.5. The lowest BCUT2D eigenvalue weighted by molar-refractivity contribution is 0.393. The molecule has 96 valence electrons. The van der Waals surface area contributed by atoms with Crippen LogP contribution in [0.1, 0.15) is 22.0 Å². The van der Waals surface area contributed by atoms with Crippen LogP contribution >= 0.6 is 11.3 Å². The number of methoxy groups -OCH3 is 2. The summed E-state index contributed by atoms with van der Waals surface area (Å²) in [5.74, 6) is 1.52. The van der Waals surface area contributed by atoms with E-state index in [1.54, 1.807) is 25.6 Å². The third kappa shape index (κ3) is 2.49. The van der Waals surface area contributed by atoms with Gasteiger partial charge in [-0.3, -0.25) is 0 Å². The Balaban J connectivity index is 2.41. The molecule has 1 atom stereocenters. The Morgan fingerprint density at radius 1 is 1.11 bits per heavy atom. The van der Waals surface area contributed by atoms with Crippen molar-refractivity contribution in [2.45, 2.75) is 13.0 Å². The molecule has 0 bridgehead atoms. The van der Waals surface area contributed by atoms with Gasteiger partial charge in [0.25, 0.3) is 0 Å². The molecule has 0 saturated heterocycles. The van der Waals surface area contributed by atoms with Crippen molar-refractivity contribution in [3.63, 3.8) is 0 Å². The summed E-state index contributed by atoms with van der Waals surface area (Å²) in [7, 11) is 3.28. The first kappa shape index (κ1) is 12.9. The molecule has 0 aliphatic rings. The van der Waals surface area contributed by atoms with E-state index in [9.17, 15) is 0 Å². The summed E-state index contributed by atoms with van der Waals surface area (Å²) in [4.78, 5) is 1.17. The summed E-state index contributed by atoms with van der Waals surface area (Å²) in [5.41, 5.74) is 8.52. The van der Waals surface area contributed by atoms with Crippen molar-refractivity contribution in [1.29, 1.82) is 0 Å². The molecule has 2 rings (SSSR count). The smallest absolute Gasteiger partial charge is 0.122 e. The van der Waals surface area contributed by atoms with Crippen LogP contribution in [-0.4, -0.2) is 14.2 Å². The summed E-state index contributed by atoms with van der Waals surface area (Å²) >= 11 is 1.67. The SMILES string of the molecule is COc1cc(OC)cc(C(N)c2sccc2C)c1. The number of hydrogen-bond donors (Lipinski definition) is 1. The monoisotopic (exact) mass is 263 g/mol. The van der Waals surface area contributed by atoms with Gasteiger partial charge < -0.3 is 15.2 Å². The van der Waals surface area contributed by atoms with Gasteiger partial charge in [0.1, 0.15) is 11.5 Å². The van der Waals surface area contributed by atoms with Crippen molar-refractivity contribution in [3.05, 3.63) is 45.6 Å². The molecule has 0 radical (unpaired) electrons. The molecule has 18 heavy (non-hydrogen) atoms. The number of rotatable bonds is 4. The first-order chi connectivity index (χ1) is 8.65. The van der Waals surface area contributed by atoms with E-state index in [4.69, 9.17) is 15.2 Å². The molecule has 1 heterocycles. The molecule has 0 aliphatic carbocycles. The van der Waals surface area contributed by atoms with Gasteiger partial charge in [-0.25, -0.2) is 0 Å². The van der Waals surface area contributed by atoms with E-state index in [2.05, 4.69) is 18.4 Å². The summed E-state index contributed by atoms with van der Waals surface area (Å²) in [6.07, 6.45) is 0. The van der Waals surface area contributed by atoms with Crippen LogP contribution < -0.4 is 15.2 Å². The number of thiophene rings is 1. The molecular formula is C14H17NO2S. The molecule has 0 saturated carbocycles. The highest BCUT2D eigenvalue weighted by molar-refractivity contribution is 7.10. The number of aryl methyl sites for hydroxylation is 1. The molecule has 1 aromatic heterocycles. The van der Waals surface area contributed by atoms with Crippen LogP contribution in [-0.2, 0) is 0 Å².